The first kappa shape index (κ1) is 19.9. The second-order valence-electron chi connectivity index (χ2n) is 6.21. The molecule has 0 amide bonds. The summed E-state index contributed by atoms with van der Waals surface area (Å²) in [6.45, 7) is 11.4. The Hall–Kier alpha value is -2.40. The first-order valence-corrected chi connectivity index (χ1v) is 8.38. The van der Waals surface area contributed by atoms with E-state index < -0.39 is 17.8 Å². The molecule has 2 atom stereocenters. The van der Waals surface area contributed by atoms with Gasteiger partial charge in [-0.05, 0) is 35.8 Å². The monoisotopic (exact) mass is 361 g/mol. The Labute approximate surface area is 151 Å². The van der Waals surface area contributed by atoms with Crippen LogP contribution in [0.25, 0.3) is 23.4 Å². The average molecular weight is 361 g/mol. The van der Waals surface area contributed by atoms with E-state index in [4.69, 9.17) is 0 Å². The van der Waals surface area contributed by atoms with Crippen LogP contribution in [0.4, 0.5) is 13.2 Å². The molecule has 0 aliphatic rings. The Morgan fingerprint density at radius 2 is 1.77 bits per heavy atom. The van der Waals surface area contributed by atoms with Gasteiger partial charge in [-0.1, -0.05) is 51.6 Å². The molecule has 138 valence electrons. The second kappa shape index (κ2) is 7.87. The minimum absolute atomic E-state index is 0.00854. The maximum atomic E-state index is 12.8. The van der Waals surface area contributed by atoms with Crippen LogP contribution < -0.4 is 0 Å². The first-order valence-electron chi connectivity index (χ1n) is 8.38. The van der Waals surface area contributed by atoms with Crippen LogP contribution in [-0.2, 0) is 6.18 Å². The van der Waals surface area contributed by atoms with Crippen LogP contribution in [0.1, 0.15) is 48.8 Å². The van der Waals surface area contributed by atoms with E-state index in [1.807, 2.05) is 13.8 Å². The molecular formula is C21H22F3NO. The summed E-state index contributed by atoms with van der Waals surface area (Å²) in [4.78, 5) is 4.47. The molecule has 0 fully saturated rings. The normalized spacial score (nSPS) is 13.9. The number of halogens is 3. The molecule has 26 heavy (non-hydrogen) atoms. The largest absolute Gasteiger partial charge is 0.416 e. The van der Waals surface area contributed by atoms with Crippen molar-refractivity contribution in [1.82, 2.24) is 4.98 Å². The second-order valence-corrected chi connectivity index (χ2v) is 6.21. The standard InChI is InChI=1S/C21H22F3NO/c1-5-13(4)20(26)17-12-19(25-18(7-3)16(17)6-2)14-8-10-15(11-9-14)21(22,23)24/h6-13,20,26H,2-3,5H2,1,4H3/t13-,20?/m1/s1. The van der Waals surface area contributed by atoms with E-state index in [0.717, 1.165) is 18.6 Å². The molecule has 1 heterocycles. The van der Waals surface area contributed by atoms with E-state index >= 15 is 0 Å². The Morgan fingerprint density at radius 3 is 2.23 bits per heavy atom. The van der Waals surface area contributed by atoms with Gasteiger partial charge in [-0.2, -0.15) is 13.2 Å². The molecule has 1 unspecified atom stereocenters. The van der Waals surface area contributed by atoms with Gasteiger partial charge in [0.05, 0.1) is 23.1 Å². The molecule has 0 saturated heterocycles. The minimum atomic E-state index is -4.39. The molecule has 2 nitrogen and oxygen atoms in total. The summed E-state index contributed by atoms with van der Waals surface area (Å²) < 4.78 is 38.3. The van der Waals surface area contributed by atoms with Crippen LogP contribution in [0.3, 0.4) is 0 Å². The van der Waals surface area contributed by atoms with Gasteiger partial charge in [-0.25, -0.2) is 4.98 Å². The lowest BCUT2D eigenvalue weighted by atomic mass is 9.90. The molecule has 0 bridgehead atoms. The molecule has 1 aromatic carbocycles. The smallest absolute Gasteiger partial charge is 0.388 e. The summed E-state index contributed by atoms with van der Waals surface area (Å²) in [5.41, 5.74) is 2.17. The number of aliphatic hydroxyl groups is 1. The van der Waals surface area contributed by atoms with Crippen LogP contribution in [0.2, 0.25) is 0 Å². The van der Waals surface area contributed by atoms with Gasteiger partial charge < -0.3 is 5.11 Å². The Bertz CT molecular complexity index is 794. The number of aliphatic hydroxyl groups excluding tert-OH is 1. The predicted octanol–water partition coefficient (Wildman–Crippen LogP) is 6.13. The molecule has 0 aliphatic heterocycles. The molecule has 0 aliphatic carbocycles. The van der Waals surface area contributed by atoms with Gasteiger partial charge in [0.25, 0.3) is 0 Å². The molecule has 1 N–H and O–H groups in total. The van der Waals surface area contributed by atoms with Crippen molar-refractivity contribution >= 4 is 12.2 Å². The number of pyridine rings is 1. The lowest BCUT2D eigenvalue weighted by molar-refractivity contribution is -0.137. The molecular weight excluding hydrogens is 339 g/mol. The topological polar surface area (TPSA) is 33.1 Å². The van der Waals surface area contributed by atoms with E-state index in [2.05, 4.69) is 18.1 Å². The highest BCUT2D eigenvalue weighted by atomic mass is 19.4. The fourth-order valence-corrected chi connectivity index (χ4v) is 2.73. The lowest BCUT2D eigenvalue weighted by Gasteiger charge is -2.21. The predicted molar refractivity (Wildman–Crippen MR) is 99.3 cm³/mol. The number of rotatable bonds is 6. The highest BCUT2D eigenvalue weighted by molar-refractivity contribution is 5.70. The number of alkyl halides is 3. The number of aromatic nitrogens is 1. The third-order valence-electron chi connectivity index (χ3n) is 4.53. The Morgan fingerprint density at radius 1 is 1.15 bits per heavy atom. The van der Waals surface area contributed by atoms with Crippen LogP contribution in [-0.4, -0.2) is 10.1 Å². The zero-order valence-corrected chi connectivity index (χ0v) is 14.8. The summed E-state index contributed by atoms with van der Waals surface area (Å²) in [6.07, 6.45) is -1.18. The number of nitrogens with zero attached hydrogens (tertiary/aromatic N) is 1. The molecule has 1 aromatic heterocycles. The Kier molecular flexibility index (Phi) is 6.03. The summed E-state index contributed by atoms with van der Waals surface area (Å²) in [5.74, 6) is 0.00854. The van der Waals surface area contributed by atoms with Crippen molar-refractivity contribution < 1.29 is 18.3 Å². The maximum absolute atomic E-state index is 12.8. The summed E-state index contributed by atoms with van der Waals surface area (Å²) in [7, 11) is 0. The van der Waals surface area contributed by atoms with Crippen molar-refractivity contribution in [3.05, 3.63) is 65.9 Å². The SMILES string of the molecule is C=Cc1nc(-c2ccc(C(F)(F)F)cc2)cc(C(O)[C@H](C)CC)c1C=C. The van der Waals surface area contributed by atoms with Crippen LogP contribution in [0, 0.1) is 5.92 Å². The van der Waals surface area contributed by atoms with Crippen molar-refractivity contribution in [3.8, 4) is 11.3 Å². The summed E-state index contributed by atoms with van der Waals surface area (Å²) >= 11 is 0. The third kappa shape index (κ3) is 4.05. The average Bonchev–Trinajstić information content (AvgIpc) is 2.64. The fourth-order valence-electron chi connectivity index (χ4n) is 2.73. The fraction of sp³-hybridized carbons (Fsp3) is 0.286. The van der Waals surface area contributed by atoms with Gasteiger partial charge in [0.2, 0.25) is 0 Å². The zero-order valence-electron chi connectivity index (χ0n) is 14.8. The quantitative estimate of drug-likeness (QED) is 0.671. The highest BCUT2D eigenvalue weighted by Crippen LogP contribution is 2.34. The van der Waals surface area contributed by atoms with Crippen LogP contribution in [0.5, 0.6) is 0 Å². The summed E-state index contributed by atoms with van der Waals surface area (Å²) in [6, 6.07) is 6.52. The number of hydrogen-bond donors (Lipinski definition) is 1. The van der Waals surface area contributed by atoms with Gasteiger partial charge in [0.15, 0.2) is 0 Å². The van der Waals surface area contributed by atoms with Gasteiger partial charge in [0, 0.05) is 11.1 Å². The molecule has 0 saturated carbocycles. The molecule has 5 heteroatoms. The van der Waals surface area contributed by atoms with E-state index in [1.54, 1.807) is 18.2 Å². The molecule has 0 radical (unpaired) electrons. The first-order chi connectivity index (χ1) is 12.2. The van der Waals surface area contributed by atoms with Crippen LogP contribution >= 0.6 is 0 Å². The van der Waals surface area contributed by atoms with Crippen LogP contribution in [0.15, 0.2) is 43.5 Å². The Balaban J connectivity index is 2.59. The van der Waals surface area contributed by atoms with Gasteiger partial charge in [-0.3, -0.25) is 0 Å². The number of hydrogen-bond acceptors (Lipinski definition) is 2. The third-order valence-corrected chi connectivity index (χ3v) is 4.53. The van der Waals surface area contributed by atoms with Gasteiger partial charge >= 0.3 is 6.18 Å². The highest BCUT2D eigenvalue weighted by Gasteiger charge is 2.30. The lowest BCUT2D eigenvalue weighted by Crippen LogP contribution is -2.11. The number of benzene rings is 1. The minimum Gasteiger partial charge on any atom is -0.388 e. The maximum Gasteiger partial charge on any atom is 0.416 e. The zero-order chi connectivity index (χ0) is 19.5. The van der Waals surface area contributed by atoms with Crippen molar-refractivity contribution in [2.75, 3.05) is 0 Å². The van der Waals surface area contributed by atoms with Crippen molar-refractivity contribution in [1.29, 1.82) is 0 Å². The molecule has 0 spiro atoms. The van der Waals surface area contributed by atoms with Crippen molar-refractivity contribution in [2.45, 2.75) is 32.5 Å². The summed E-state index contributed by atoms with van der Waals surface area (Å²) in [5, 5.41) is 10.7. The van der Waals surface area contributed by atoms with E-state index in [9.17, 15) is 18.3 Å². The van der Waals surface area contributed by atoms with Gasteiger partial charge in [-0.15, -0.1) is 0 Å². The molecule has 2 rings (SSSR count). The van der Waals surface area contributed by atoms with Crippen molar-refractivity contribution in [2.24, 2.45) is 5.92 Å². The van der Waals surface area contributed by atoms with Gasteiger partial charge in [0.1, 0.15) is 0 Å². The van der Waals surface area contributed by atoms with E-state index in [1.165, 1.54) is 12.1 Å². The molecule has 2 aromatic rings. The van der Waals surface area contributed by atoms with Crippen molar-refractivity contribution in [3.63, 3.8) is 0 Å². The van der Waals surface area contributed by atoms with E-state index in [0.29, 0.717) is 28.1 Å². The van der Waals surface area contributed by atoms with E-state index in [-0.39, 0.29) is 5.92 Å².